The molecule has 7 nitrogen and oxygen atoms in total. The highest BCUT2D eigenvalue weighted by Gasteiger charge is 2.19. The zero-order chi connectivity index (χ0) is 19.1. The molecule has 27 heavy (non-hydrogen) atoms. The van der Waals surface area contributed by atoms with Gasteiger partial charge in [0, 0.05) is 45.4 Å². The van der Waals surface area contributed by atoms with E-state index in [1.165, 1.54) is 0 Å². The van der Waals surface area contributed by atoms with Crippen molar-refractivity contribution >= 4 is 17.3 Å². The third kappa shape index (κ3) is 5.29. The Morgan fingerprint density at radius 1 is 1.15 bits per heavy atom. The van der Waals surface area contributed by atoms with Crippen LogP contribution in [0.3, 0.4) is 0 Å². The fourth-order valence-electron chi connectivity index (χ4n) is 3.31. The van der Waals surface area contributed by atoms with Gasteiger partial charge in [-0.05, 0) is 25.1 Å². The van der Waals surface area contributed by atoms with Crippen molar-refractivity contribution in [3.63, 3.8) is 0 Å². The van der Waals surface area contributed by atoms with Gasteiger partial charge < -0.3 is 19.6 Å². The highest BCUT2D eigenvalue weighted by molar-refractivity contribution is 5.94. The number of piperazine rings is 1. The number of carbonyl (C=O) groups is 1. The molecule has 1 fully saturated rings. The molecule has 0 radical (unpaired) electrons. The number of aromatic nitrogens is 2. The summed E-state index contributed by atoms with van der Waals surface area (Å²) in [5, 5.41) is 6.98. The van der Waals surface area contributed by atoms with Crippen LogP contribution in [0.4, 0.5) is 11.4 Å². The minimum atomic E-state index is -0.0371. The van der Waals surface area contributed by atoms with Gasteiger partial charge in [0.05, 0.1) is 11.4 Å². The van der Waals surface area contributed by atoms with Crippen molar-refractivity contribution in [2.45, 2.75) is 39.5 Å². The average Bonchev–Trinajstić information content (AvgIpc) is 3.15. The van der Waals surface area contributed by atoms with E-state index in [-0.39, 0.29) is 5.91 Å². The maximum atomic E-state index is 12.4. The second kappa shape index (κ2) is 9.50. The standard InChI is InChI=1S/C20H29N5O2/c1-3-7-18-22-20(27-23-18)11-10-19(26)21-16-8-5-6-9-17(16)25-14-12-24(4-2)13-15-25/h5-6,8-9H,3-4,7,10-15H2,1-2H3,(H,21,26). The number of anilines is 2. The van der Waals surface area contributed by atoms with E-state index in [1.54, 1.807) is 0 Å². The third-order valence-electron chi connectivity index (χ3n) is 4.89. The van der Waals surface area contributed by atoms with Crippen molar-refractivity contribution in [2.24, 2.45) is 0 Å². The first-order chi connectivity index (χ1) is 13.2. The summed E-state index contributed by atoms with van der Waals surface area (Å²) < 4.78 is 5.20. The lowest BCUT2D eigenvalue weighted by Gasteiger charge is -2.36. The molecule has 0 bridgehead atoms. The first-order valence-electron chi connectivity index (χ1n) is 9.87. The van der Waals surface area contributed by atoms with Gasteiger partial charge in [-0.15, -0.1) is 0 Å². The summed E-state index contributed by atoms with van der Waals surface area (Å²) in [5.41, 5.74) is 1.95. The van der Waals surface area contributed by atoms with Crippen molar-refractivity contribution in [3.05, 3.63) is 36.0 Å². The molecule has 2 aromatic rings. The molecular formula is C20H29N5O2. The Bertz CT molecular complexity index is 737. The number of aryl methyl sites for hydroxylation is 2. The third-order valence-corrected chi connectivity index (χ3v) is 4.89. The van der Waals surface area contributed by atoms with Crippen molar-refractivity contribution in [1.29, 1.82) is 0 Å². The SMILES string of the molecule is CCCc1noc(CCC(=O)Nc2ccccc2N2CCN(CC)CC2)n1. The number of amides is 1. The number of benzene rings is 1. The Morgan fingerprint density at radius 2 is 1.93 bits per heavy atom. The topological polar surface area (TPSA) is 74.5 Å². The van der Waals surface area contributed by atoms with Gasteiger partial charge in [-0.3, -0.25) is 4.79 Å². The van der Waals surface area contributed by atoms with E-state index < -0.39 is 0 Å². The molecule has 1 amide bonds. The predicted octanol–water partition coefficient (Wildman–Crippen LogP) is 2.74. The molecule has 3 rings (SSSR count). The molecule has 146 valence electrons. The first-order valence-corrected chi connectivity index (χ1v) is 9.87. The summed E-state index contributed by atoms with van der Waals surface area (Å²) >= 11 is 0. The Balaban J connectivity index is 1.56. The van der Waals surface area contributed by atoms with Crippen LogP contribution in [0.2, 0.25) is 0 Å². The number of nitrogens with one attached hydrogen (secondary N) is 1. The molecule has 0 saturated carbocycles. The van der Waals surface area contributed by atoms with Crippen molar-refractivity contribution in [1.82, 2.24) is 15.0 Å². The molecule has 0 spiro atoms. The molecule has 1 aromatic carbocycles. The van der Waals surface area contributed by atoms with Crippen LogP contribution in [-0.4, -0.2) is 53.7 Å². The summed E-state index contributed by atoms with van der Waals surface area (Å²) in [6.45, 7) is 9.40. The largest absolute Gasteiger partial charge is 0.367 e. The molecule has 0 atom stereocenters. The van der Waals surface area contributed by atoms with E-state index in [4.69, 9.17) is 4.52 Å². The summed E-state index contributed by atoms with van der Waals surface area (Å²) in [7, 11) is 0. The minimum Gasteiger partial charge on any atom is -0.367 e. The summed E-state index contributed by atoms with van der Waals surface area (Å²) in [6, 6.07) is 8.01. The van der Waals surface area contributed by atoms with E-state index >= 15 is 0 Å². The lowest BCUT2D eigenvalue weighted by atomic mass is 10.2. The number of nitrogens with zero attached hydrogens (tertiary/aromatic N) is 4. The fourth-order valence-corrected chi connectivity index (χ4v) is 3.31. The van der Waals surface area contributed by atoms with Crippen LogP contribution >= 0.6 is 0 Å². The van der Waals surface area contributed by atoms with Gasteiger partial charge in [0.2, 0.25) is 11.8 Å². The molecule has 1 aliphatic rings. The normalized spacial score (nSPS) is 15.1. The fraction of sp³-hybridized carbons (Fsp3) is 0.550. The zero-order valence-corrected chi connectivity index (χ0v) is 16.3. The molecule has 1 N–H and O–H groups in total. The Morgan fingerprint density at radius 3 is 2.67 bits per heavy atom. The van der Waals surface area contributed by atoms with Gasteiger partial charge >= 0.3 is 0 Å². The Kier molecular flexibility index (Phi) is 6.81. The first kappa shape index (κ1) is 19.4. The van der Waals surface area contributed by atoms with Crippen LogP contribution in [0.25, 0.3) is 0 Å². The number of rotatable bonds is 8. The molecule has 0 aliphatic carbocycles. The van der Waals surface area contributed by atoms with Crippen LogP contribution in [0.1, 0.15) is 38.4 Å². The van der Waals surface area contributed by atoms with Crippen LogP contribution < -0.4 is 10.2 Å². The molecule has 0 unspecified atom stereocenters. The Labute approximate surface area is 160 Å². The van der Waals surface area contributed by atoms with Gasteiger partial charge in [-0.1, -0.05) is 31.1 Å². The second-order valence-electron chi connectivity index (χ2n) is 6.84. The summed E-state index contributed by atoms with van der Waals surface area (Å²) in [5.74, 6) is 1.20. The number of para-hydroxylation sites is 2. The molecule has 1 aromatic heterocycles. The number of carbonyl (C=O) groups excluding carboxylic acids is 1. The van der Waals surface area contributed by atoms with Crippen LogP contribution in [0.15, 0.2) is 28.8 Å². The lowest BCUT2D eigenvalue weighted by molar-refractivity contribution is -0.116. The summed E-state index contributed by atoms with van der Waals surface area (Å²) in [4.78, 5) is 21.5. The van der Waals surface area contributed by atoms with Crippen LogP contribution in [0, 0.1) is 0 Å². The predicted molar refractivity (Wildman–Crippen MR) is 106 cm³/mol. The van der Waals surface area contributed by atoms with E-state index in [0.29, 0.717) is 24.6 Å². The molecule has 1 saturated heterocycles. The lowest BCUT2D eigenvalue weighted by Crippen LogP contribution is -2.46. The van der Waals surface area contributed by atoms with E-state index in [0.717, 1.165) is 56.9 Å². The number of likely N-dealkylation sites (N-methyl/N-ethyl adjacent to an activating group) is 1. The second-order valence-corrected chi connectivity index (χ2v) is 6.84. The van der Waals surface area contributed by atoms with Crippen LogP contribution in [0.5, 0.6) is 0 Å². The molecule has 1 aliphatic heterocycles. The molecule has 7 heteroatoms. The monoisotopic (exact) mass is 371 g/mol. The van der Waals surface area contributed by atoms with Gasteiger partial charge in [-0.25, -0.2) is 0 Å². The van der Waals surface area contributed by atoms with Crippen molar-refractivity contribution < 1.29 is 9.32 Å². The molecular weight excluding hydrogens is 342 g/mol. The summed E-state index contributed by atoms with van der Waals surface area (Å²) in [6.07, 6.45) is 2.56. The van der Waals surface area contributed by atoms with Crippen LogP contribution in [-0.2, 0) is 17.6 Å². The maximum absolute atomic E-state index is 12.4. The number of hydrogen-bond acceptors (Lipinski definition) is 6. The van der Waals surface area contributed by atoms with E-state index in [1.807, 2.05) is 18.2 Å². The van der Waals surface area contributed by atoms with Gasteiger partial charge in [0.15, 0.2) is 5.82 Å². The maximum Gasteiger partial charge on any atom is 0.227 e. The molecule has 2 heterocycles. The van der Waals surface area contributed by atoms with Gasteiger partial charge in [0.1, 0.15) is 0 Å². The Hall–Kier alpha value is -2.41. The minimum absolute atomic E-state index is 0.0371. The average molecular weight is 371 g/mol. The van der Waals surface area contributed by atoms with Crippen molar-refractivity contribution in [2.75, 3.05) is 42.9 Å². The highest BCUT2D eigenvalue weighted by atomic mass is 16.5. The van der Waals surface area contributed by atoms with E-state index in [9.17, 15) is 4.79 Å². The smallest absolute Gasteiger partial charge is 0.227 e. The van der Waals surface area contributed by atoms with E-state index in [2.05, 4.69) is 45.2 Å². The van der Waals surface area contributed by atoms with Gasteiger partial charge in [0.25, 0.3) is 0 Å². The van der Waals surface area contributed by atoms with Gasteiger partial charge in [-0.2, -0.15) is 4.98 Å². The highest BCUT2D eigenvalue weighted by Crippen LogP contribution is 2.26. The van der Waals surface area contributed by atoms with Crippen molar-refractivity contribution in [3.8, 4) is 0 Å². The zero-order valence-electron chi connectivity index (χ0n) is 16.3. The number of hydrogen-bond donors (Lipinski definition) is 1. The quantitative estimate of drug-likeness (QED) is 0.769.